The third kappa shape index (κ3) is 3.52. The predicted octanol–water partition coefficient (Wildman–Crippen LogP) is 3.27. The van der Waals surface area contributed by atoms with Crippen molar-refractivity contribution in [2.45, 2.75) is 6.61 Å². The first-order chi connectivity index (χ1) is 9.06. The first-order valence-electron chi connectivity index (χ1n) is 5.09. The highest BCUT2D eigenvalue weighted by Gasteiger charge is 2.10. The van der Waals surface area contributed by atoms with Crippen molar-refractivity contribution in [1.82, 2.24) is 9.97 Å². The van der Waals surface area contributed by atoms with E-state index in [-0.39, 0.29) is 22.5 Å². The van der Waals surface area contributed by atoms with E-state index in [0.29, 0.717) is 11.4 Å². The summed E-state index contributed by atoms with van der Waals surface area (Å²) in [6.07, 6.45) is 2.87. The van der Waals surface area contributed by atoms with Crippen LogP contribution in [0.3, 0.4) is 0 Å². The van der Waals surface area contributed by atoms with Gasteiger partial charge in [-0.2, -0.15) is 0 Å². The molecule has 2 rings (SSSR count). The molecule has 6 nitrogen and oxygen atoms in total. The van der Waals surface area contributed by atoms with Crippen molar-refractivity contribution in [2.75, 3.05) is 0 Å². The Labute approximate surface area is 118 Å². The molecule has 0 saturated heterocycles. The van der Waals surface area contributed by atoms with Crippen molar-refractivity contribution in [1.29, 1.82) is 0 Å². The summed E-state index contributed by atoms with van der Waals surface area (Å²) in [6, 6.07) is 3.98. The Morgan fingerprint density at radius 1 is 1.26 bits per heavy atom. The lowest BCUT2D eigenvalue weighted by molar-refractivity contribution is -0.384. The van der Waals surface area contributed by atoms with Gasteiger partial charge in [0.15, 0.2) is 0 Å². The maximum atomic E-state index is 10.6. The van der Waals surface area contributed by atoms with Gasteiger partial charge in [-0.25, -0.2) is 4.98 Å². The smallest absolute Gasteiger partial charge is 0.271 e. The number of nitro groups is 1. The Bertz CT molecular complexity index is 605. The first-order valence-corrected chi connectivity index (χ1v) is 5.85. The topological polar surface area (TPSA) is 78.2 Å². The highest BCUT2D eigenvalue weighted by Crippen LogP contribution is 2.29. The third-order valence-electron chi connectivity index (χ3n) is 2.18. The van der Waals surface area contributed by atoms with Crippen LogP contribution in [0.5, 0.6) is 5.75 Å². The fourth-order valence-corrected chi connectivity index (χ4v) is 1.61. The number of nitro benzene ring substituents is 1. The Morgan fingerprint density at radius 2 is 2.05 bits per heavy atom. The molecular formula is C11H7Cl2N3O3. The van der Waals surface area contributed by atoms with E-state index in [1.54, 1.807) is 0 Å². The van der Waals surface area contributed by atoms with Crippen LogP contribution in [-0.4, -0.2) is 14.9 Å². The minimum absolute atomic E-state index is 0.0939. The SMILES string of the molecule is O=[N+]([O-])c1ccc(OCc2cnc(Cl)cn2)c(Cl)c1. The largest absolute Gasteiger partial charge is 0.486 e. The number of hydrogen-bond donors (Lipinski definition) is 0. The van der Waals surface area contributed by atoms with Crippen LogP contribution in [0.15, 0.2) is 30.6 Å². The highest BCUT2D eigenvalue weighted by molar-refractivity contribution is 6.32. The maximum Gasteiger partial charge on any atom is 0.271 e. The minimum atomic E-state index is -0.527. The molecule has 0 radical (unpaired) electrons. The lowest BCUT2D eigenvalue weighted by atomic mass is 10.3. The Kier molecular flexibility index (Phi) is 4.13. The summed E-state index contributed by atoms with van der Waals surface area (Å²) >= 11 is 11.5. The molecule has 19 heavy (non-hydrogen) atoms. The van der Waals surface area contributed by atoms with E-state index in [0.717, 1.165) is 0 Å². The summed E-state index contributed by atoms with van der Waals surface area (Å²) < 4.78 is 5.40. The minimum Gasteiger partial charge on any atom is -0.486 e. The zero-order valence-corrected chi connectivity index (χ0v) is 10.9. The van der Waals surface area contributed by atoms with Gasteiger partial charge in [0.2, 0.25) is 0 Å². The van der Waals surface area contributed by atoms with Crippen molar-refractivity contribution in [3.05, 3.63) is 56.6 Å². The number of hydrogen-bond acceptors (Lipinski definition) is 5. The number of ether oxygens (including phenoxy) is 1. The summed E-state index contributed by atoms with van der Waals surface area (Å²) in [7, 11) is 0. The maximum absolute atomic E-state index is 10.6. The van der Waals surface area contributed by atoms with Crippen LogP contribution in [0.1, 0.15) is 5.69 Å². The van der Waals surface area contributed by atoms with Gasteiger partial charge in [-0.05, 0) is 6.07 Å². The summed E-state index contributed by atoms with van der Waals surface area (Å²) in [5, 5.41) is 11.0. The van der Waals surface area contributed by atoms with E-state index >= 15 is 0 Å². The molecule has 0 saturated carbocycles. The molecular weight excluding hydrogens is 293 g/mol. The number of rotatable bonds is 4. The van der Waals surface area contributed by atoms with Crippen LogP contribution in [0.2, 0.25) is 10.2 Å². The van der Waals surface area contributed by atoms with Crippen LogP contribution in [-0.2, 0) is 6.61 Å². The molecule has 1 aromatic carbocycles. The van der Waals surface area contributed by atoms with Gasteiger partial charge < -0.3 is 4.74 Å². The molecule has 8 heteroatoms. The van der Waals surface area contributed by atoms with Crippen LogP contribution in [0.4, 0.5) is 5.69 Å². The second kappa shape index (κ2) is 5.81. The molecule has 1 heterocycles. The van der Waals surface area contributed by atoms with Gasteiger partial charge >= 0.3 is 0 Å². The van der Waals surface area contributed by atoms with Crippen LogP contribution < -0.4 is 4.74 Å². The van der Waals surface area contributed by atoms with E-state index in [4.69, 9.17) is 27.9 Å². The van der Waals surface area contributed by atoms with Crippen molar-refractivity contribution in [3.8, 4) is 5.75 Å². The monoisotopic (exact) mass is 299 g/mol. The normalized spacial score (nSPS) is 10.2. The van der Waals surface area contributed by atoms with Gasteiger partial charge in [-0.1, -0.05) is 23.2 Å². The number of halogens is 2. The first kappa shape index (κ1) is 13.5. The molecule has 0 fully saturated rings. The number of aromatic nitrogens is 2. The van der Waals surface area contributed by atoms with Crippen LogP contribution in [0.25, 0.3) is 0 Å². The summed E-state index contributed by atoms with van der Waals surface area (Å²) in [6.45, 7) is 0.141. The summed E-state index contributed by atoms with van der Waals surface area (Å²) in [4.78, 5) is 17.9. The zero-order chi connectivity index (χ0) is 13.8. The second-order valence-electron chi connectivity index (χ2n) is 3.49. The average Bonchev–Trinajstić information content (AvgIpc) is 2.39. The van der Waals surface area contributed by atoms with Crippen LogP contribution in [0, 0.1) is 10.1 Å². The van der Waals surface area contributed by atoms with Gasteiger partial charge in [0.1, 0.15) is 17.5 Å². The molecule has 1 aromatic heterocycles. The predicted molar refractivity (Wildman–Crippen MR) is 69.5 cm³/mol. The van der Waals surface area contributed by atoms with Crippen molar-refractivity contribution >= 4 is 28.9 Å². The Morgan fingerprint density at radius 3 is 2.63 bits per heavy atom. The van der Waals surface area contributed by atoms with Crippen molar-refractivity contribution < 1.29 is 9.66 Å². The Balaban J connectivity index is 2.07. The standard InChI is InChI=1S/C11H7Cl2N3O3/c12-9-3-8(16(17)18)1-2-10(9)19-6-7-4-15-11(13)5-14-7/h1-5H,6H2. The van der Waals surface area contributed by atoms with Gasteiger partial charge in [0, 0.05) is 12.1 Å². The van der Waals surface area contributed by atoms with E-state index in [1.807, 2.05) is 0 Å². The number of non-ortho nitro benzene ring substituents is 1. The molecule has 0 aliphatic carbocycles. The molecule has 0 N–H and O–H groups in total. The van der Waals surface area contributed by atoms with Crippen molar-refractivity contribution in [2.24, 2.45) is 0 Å². The highest BCUT2D eigenvalue weighted by atomic mass is 35.5. The second-order valence-corrected chi connectivity index (χ2v) is 4.29. The van der Waals surface area contributed by atoms with Gasteiger partial charge in [-0.3, -0.25) is 15.1 Å². The zero-order valence-electron chi connectivity index (χ0n) is 9.42. The molecule has 0 aliphatic heterocycles. The van der Waals surface area contributed by atoms with Crippen molar-refractivity contribution in [3.63, 3.8) is 0 Å². The van der Waals surface area contributed by atoms with Gasteiger partial charge in [0.25, 0.3) is 5.69 Å². The van der Waals surface area contributed by atoms with E-state index in [2.05, 4.69) is 9.97 Å². The molecule has 0 atom stereocenters. The quantitative estimate of drug-likeness (QED) is 0.639. The van der Waals surface area contributed by atoms with Gasteiger partial charge in [-0.15, -0.1) is 0 Å². The molecule has 98 valence electrons. The molecule has 2 aromatic rings. The molecule has 0 aliphatic rings. The van der Waals surface area contributed by atoms with E-state index in [9.17, 15) is 10.1 Å². The molecule has 0 amide bonds. The fourth-order valence-electron chi connectivity index (χ4n) is 1.29. The Hall–Kier alpha value is -1.92. The number of benzene rings is 1. The molecule has 0 spiro atoms. The van der Waals surface area contributed by atoms with E-state index in [1.165, 1.54) is 30.6 Å². The fraction of sp³-hybridized carbons (Fsp3) is 0.0909. The summed E-state index contributed by atoms with van der Waals surface area (Å²) in [5.41, 5.74) is 0.474. The lowest BCUT2D eigenvalue weighted by Crippen LogP contribution is -1.99. The molecule has 0 unspecified atom stereocenters. The summed E-state index contributed by atoms with van der Waals surface area (Å²) in [5.74, 6) is 0.337. The lowest BCUT2D eigenvalue weighted by Gasteiger charge is -2.07. The van der Waals surface area contributed by atoms with E-state index < -0.39 is 4.92 Å². The van der Waals surface area contributed by atoms with Crippen LogP contribution >= 0.6 is 23.2 Å². The van der Waals surface area contributed by atoms with Gasteiger partial charge in [0.05, 0.1) is 28.0 Å². The average molecular weight is 300 g/mol. The molecule has 0 bridgehead atoms. The third-order valence-corrected chi connectivity index (χ3v) is 2.67. The number of nitrogens with zero attached hydrogens (tertiary/aromatic N) is 3.